The fraction of sp³-hybridized carbons (Fsp3) is 0.800. The molecule has 1 aliphatic carbocycles. The van der Waals surface area contributed by atoms with Gasteiger partial charge < -0.3 is 5.32 Å². The van der Waals surface area contributed by atoms with Crippen molar-refractivity contribution in [3.05, 3.63) is 15.6 Å². The molecule has 1 heterocycles. The molecule has 0 amide bonds. The first-order chi connectivity index (χ1) is 9.77. The van der Waals surface area contributed by atoms with Gasteiger partial charge in [-0.2, -0.15) is 13.2 Å². The standard InChI is InChI=1S/C15H23F3N2S/c1-9(2)7-19-8-12-13(15(16,17)18)20-14(21-12)11-5-4-10(3)6-11/h9-11,19H,4-8H2,1-3H3. The molecule has 1 aromatic rings. The van der Waals surface area contributed by atoms with Crippen molar-refractivity contribution in [3.8, 4) is 0 Å². The summed E-state index contributed by atoms with van der Waals surface area (Å²) in [5, 5.41) is 3.77. The van der Waals surface area contributed by atoms with E-state index in [2.05, 4.69) is 17.2 Å². The summed E-state index contributed by atoms with van der Waals surface area (Å²) in [7, 11) is 0. The molecule has 1 N–H and O–H groups in total. The smallest absolute Gasteiger partial charge is 0.312 e. The highest BCUT2D eigenvalue weighted by Gasteiger charge is 2.38. The summed E-state index contributed by atoms with van der Waals surface area (Å²) >= 11 is 1.24. The Hall–Kier alpha value is -0.620. The van der Waals surface area contributed by atoms with Crippen LogP contribution in [-0.2, 0) is 12.7 Å². The number of aromatic nitrogens is 1. The van der Waals surface area contributed by atoms with Crippen LogP contribution < -0.4 is 5.32 Å². The van der Waals surface area contributed by atoms with E-state index in [1.807, 2.05) is 13.8 Å². The lowest BCUT2D eigenvalue weighted by atomic mass is 10.1. The Morgan fingerprint density at radius 3 is 2.57 bits per heavy atom. The van der Waals surface area contributed by atoms with Gasteiger partial charge in [-0.25, -0.2) is 4.98 Å². The van der Waals surface area contributed by atoms with E-state index >= 15 is 0 Å². The molecule has 2 atom stereocenters. The Morgan fingerprint density at radius 1 is 1.33 bits per heavy atom. The molecule has 2 unspecified atom stereocenters. The van der Waals surface area contributed by atoms with E-state index in [9.17, 15) is 13.2 Å². The van der Waals surface area contributed by atoms with Gasteiger partial charge in [0, 0.05) is 12.5 Å². The molecule has 6 heteroatoms. The van der Waals surface area contributed by atoms with Gasteiger partial charge in [0.15, 0.2) is 5.69 Å². The highest BCUT2D eigenvalue weighted by molar-refractivity contribution is 7.11. The van der Waals surface area contributed by atoms with Gasteiger partial charge in [0.25, 0.3) is 0 Å². The van der Waals surface area contributed by atoms with Gasteiger partial charge in [-0.1, -0.05) is 27.2 Å². The van der Waals surface area contributed by atoms with Crippen molar-refractivity contribution >= 4 is 11.3 Å². The number of nitrogens with zero attached hydrogens (tertiary/aromatic N) is 1. The van der Waals surface area contributed by atoms with Gasteiger partial charge in [0.2, 0.25) is 0 Å². The minimum atomic E-state index is -4.35. The van der Waals surface area contributed by atoms with Gasteiger partial charge >= 0.3 is 6.18 Å². The fourth-order valence-electron chi connectivity index (χ4n) is 2.79. The number of nitrogens with one attached hydrogen (secondary N) is 1. The molecule has 0 bridgehead atoms. The van der Waals surface area contributed by atoms with Gasteiger partial charge in [-0.3, -0.25) is 0 Å². The number of rotatable bonds is 5. The average Bonchev–Trinajstić information content (AvgIpc) is 2.94. The molecule has 0 radical (unpaired) electrons. The molecule has 1 aromatic heterocycles. The zero-order valence-electron chi connectivity index (χ0n) is 12.8. The molecule has 1 fully saturated rings. The lowest BCUT2D eigenvalue weighted by Gasteiger charge is -2.08. The Labute approximate surface area is 128 Å². The largest absolute Gasteiger partial charge is 0.434 e. The number of alkyl halides is 3. The van der Waals surface area contributed by atoms with Gasteiger partial charge in [0.1, 0.15) is 0 Å². The van der Waals surface area contributed by atoms with Crippen LogP contribution in [0.5, 0.6) is 0 Å². The van der Waals surface area contributed by atoms with E-state index in [0.717, 1.165) is 19.3 Å². The van der Waals surface area contributed by atoms with E-state index in [1.54, 1.807) is 0 Å². The number of hydrogen-bond acceptors (Lipinski definition) is 3. The minimum Gasteiger partial charge on any atom is -0.312 e. The minimum absolute atomic E-state index is 0.213. The van der Waals surface area contributed by atoms with Gasteiger partial charge in [-0.15, -0.1) is 11.3 Å². The molecule has 2 nitrogen and oxygen atoms in total. The monoisotopic (exact) mass is 320 g/mol. The number of hydrogen-bond donors (Lipinski definition) is 1. The molecule has 1 aliphatic rings. The van der Waals surface area contributed by atoms with Crippen LogP contribution in [0.4, 0.5) is 13.2 Å². The molecule has 0 spiro atoms. The third-order valence-electron chi connectivity index (χ3n) is 3.86. The molecule has 120 valence electrons. The van der Waals surface area contributed by atoms with Crippen LogP contribution in [-0.4, -0.2) is 11.5 Å². The van der Waals surface area contributed by atoms with Gasteiger partial charge in [-0.05, 0) is 31.2 Å². The van der Waals surface area contributed by atoms with Crippen LogP contribution in [0.15, 0.2) is 0 Å². The maximum absolute atomic E-state index is 13.1. The molecular formula is C15H23F3N2S. The van der Waals surface area contributed by atoms with Crippen LogP contribution in [0.2, 0.25) is 0 Å². The zero-order valence-corrected chi connectivity index (χ0v) is 13.6. The second-order valence-electron chi connectivity index (χ2n) is 6.46. The first-order valence-corrected chi connectivity index (χ1v) is 8.36. The van der Waals surface area contributed by atoms with Gasteiger partial charge in [0.05, 0.1) is 9.88 Å². The predicted octanol–water partition coefficient (Wildman–Crippen LogP) is 4.81. The maximum atomic E-state index is 13.1. The van der Waals surface area contributed by atoms with Crippen molar-refractivity contribution in [1.82, 2.24) is 10.3 Å². The summed E-state index contributed by atoms with van der Waals surface area (Å²) < 4.78 is 39.4. The number of halogens is 3. The van der Waals surface area contributed by atoms with Crippen molar-refractivity contribution in [2.24, 2.45) is 11.8 Å². The summed E-state index contributed by atoms with van der Waals surface area (Å²) in [5.74, 6) is 1.23. The molecule has 21 heavy (non-hydrogen) atoms. The Morgan fingerprint density at radius 2 is 2.05 bits per heavy atom. The average molecular weight is 320 g/mol. The van der Waals surface area contributed by atoms with Crippen LogP contribution in [0.25, 0.3) is 0 Å². The van der Waals surface area contributed by atoms with Crippen molar-refractivity contribution < 1.29 is 13.2 Å². The van der Waals surface area contributed by atoms with Crippen LogP contribution in [0, 0.1) is 11.8 Å². The lowest BCUT2D eigenvalue weighted by Crippen LogP contribution is -2.20. The summed E-state index contributed by atoms with van der Waals surface area (Å²) in [5.41, 5.74) is -0.682. The quantitative estimate of drug-likeness (QED) is 0.842. The molecule has 1 saturated carbocycles. The zero-order chi connectivity index (χ0) is 15.6. The van der Waals surface area contributed by atoms with Crippen LogP contribution >= 0.6 is 11.3 Å². The SMILES string of the molecule is CC(C)CNCc1sc(C2CCC(C)C2)nc1C(F)(F)F. The molecule has 2 rings (SSSR count). The van der Waals surface area contributed by atoms with E-state index in [1.165, 1.54) is 11.3 Å². The maximum Gasteiger partial charge on any atom is 0.434 e. The Balaban J connectivity index is 2.15. The van der Waals surface area contributed by atoms with Crippen molar-refractivity contribution in [3.63, 3.8) is 0 Å². The summed E-state index contributed by atoms with van der Waals surface area (Å²) in [4.78, 5) is 4.28. The first-order valence-electron chi connectivity index (χ1n) is 7.55. The lowest BCUT2D eigenvalue weighted by molar-refractivity contribution is -0.141. The summed E-state index contributed by atoms with van der Waals surface area (Å²) in [6, 6.07) is 0. The summed E-state index contributed by atoms with van der Waals surface area (Å²) in [6.07, 6.45) is -1.34. The van der Waals surface area contributed by atoms with E-state index in [0.29, 0.717) is 28.3 Å². The van der Waals surface area contributed by atoms with Crippen LogP contribution in [0.3, 0.4) is 0 Å². The number of thiazole rings is 1. The first kappa shape index (κ1) is 16.7. The van der Waals surface area contributed by atoms with Crippen molar-refractivity contribution in [2.45, 2.75) is 58.7 Å². The Kier molecular flexibility index (Phi) is 5.30. The van der Waals surface area contributed by atoms with Crippen LogP contribution in [0.1, 0.15) is 61.5 Å². The second-order valence-corrected chi connectivity index (χ2v) is 7.58. The highest BCUT2D eigenvalue weighted by atomic mass is 32.1. The third kappa shape index (κ3) is 4.42. The normalized spacial score (nSPS) is 23.2. The predicted molar refractivity (Wildman–Crippen MR) is 79.4 cm³/mol. The molecule has 0 aromatic carbocycles. The topological polar surface area (TPSA) is 24.9 Å². The molecule has 0 aliphatic heterocycles. The third-order valence-corrected chi connectivity index (χ3v) is 5.08. The van der Waals surface area contributed by atoms with E-state index in [4.69, 9.17) is 0 Å². The molecule has 0 saturated heterocycles. The van der Waals surface area contributed by atoms with Crippen molar-refractivity contribution in [2.75, 3.05) is 6.54 Å². The van der Waals surface area contributed by atoms with E-state index < -0.39 is 11.9 Å². The summed E-state index contributed by atoms with van der Waals surface area (Å²) in [6.45, 7) is 7.20. The highest BCUT2D eigenvalue weighted by Crippen LogP contribution is 2.42. The Bertz CT molecular complexity index is 468. The fourth-order valence-corrected chi connectivity index (χ4v) is 3.99. The second kappa shape index (κ2) is 6.65. The molecular weight excluding hydrogens is 297 g/mol. The van der Waals surface area contributed by atoms with E-state index in [-0.39, 0.29) is 12.5 Å². The van der Waals surface area contributed by atoms with Crippen molar-refractivity contribution in [1.29, 1.82) is 0 Å².